The predicted molar refractivity (Wildman–Crippen MR) is 129 cm³/mol. The van der Waals surface area contributed by atoms with E-state index in [1.807, 2.05) is 76.3 Å². The minimum absolute atomic E-state index is 0.403. The monoisotopic (exact) mass is 433 g/mol. The van der Waals surface area contributed by atoms with Crippen LogP contribution in [0.5, 0.6) is 5.88 Å². The molecule has 7 heteroatoms. The third kappa shape index (κ3) is 7.11. The van der Waals surface area contributed by atoms with Gasteiger partial charge < -0.3 is 10.1 Å². The lowest BCUT2D eigenvalue weighted by molar-refractivity contribution is -0.109. The van der Waals surface area contributed by atoms with E-state index in [0.717, 1.165) is 28.1 Å². The van der Waals surface area contributed by atoms with E-state index in [4.69, 9.17) is 9.53 Å². The van der Waals surface area contributed by atoms with E-state index in [-0.39, 0.29) is 0 Å². The van der Waals surface area contributed by atoms with Crippen LogP contribution in [0.15, 0.2) is 54.6 Å². The van der Waals surface area contributed by atoms with Crippen molar-refractivity contribution >= 4 is 12.1 Å². The Morgan fingerprint density at radius 2 is 1.75 bits per heavy atom. The van der Waals surface area contributed by atoms with Crippen LogP contribution in [0.25, 0.3) is 11.1 Å². The fourth-order valence-electron chi connectivity index (χ4n) is 2.99. The predicted octanol–water partition coefficient (Wildman–Crippen LogP) is 4.49. The second-order valence-corrected chi connectivity index (χ2v) is 6.36. The molecule has 1 heterocycles. The molecule has 0 spiro atoms. The molecule has 0 radical (unpaired) electrons. The minimum Gasteiger partial charge on any atom is -0.473 e. The van der Waals surface area contributed by atoms with Gasteiger partial charge >= 0.3 is 0 Å². The van der Waals surface area contributed by atoms with E-state index in [9.17, 15) is 5.26 Å². The van der Waals surface area contributed by atoms with Crippen LogP contribution >= 0.6 is 0 Å². The van der Waals surface area contributed by atoms with E-state index in [1.54, 1.807) is 5.43 Å². The Kier molecular flexibility index (Phi) is 11.6. The van der Waals surface area contributed by atoms with Crippen molar-refractivity contribution in [2.24, 2.45) is 5.84 Å². The van der Waals surface area contributed by atoms with Gasteiger partial charge in [0.1, 0.15) is 6.61 Å². The van der Waals surface area contributed by atoms with Crippen molar-refractivity contribution in [3.8, 4) is 23.1 Å². The molecule has 32 heavy (non-hydrogen) atoms. The highest BCUT2D eigenvalue weighted by Gasteiger charge is 2.10. The number of nitrogens with one attached hydrogen (secondary N) is 2. The van der Waals surface area contributed by atoms with Gasteiger partial charge in [-0.3, -0.25) is 10.2 Å². The second kappa shape index (κ2) is 14.2. The van der Waals surface area contributed by atoms with Crippen molar-refractivity contribution < 1.29 is 9.53 Å². The zero-order valence-corrected chi connectivity index (χ0v) is 19.3. The number of hydrogen-bond donors (Lipinski definition) is 3. The molecule has 0 fully saturated rings. The summed E-state index contributed by atoms with van der Waals surface area (Å²) in [6.45, 7) is 8.45. The molecule has 4 N–H and O–H groups in total. The molecule has 3 rings (SSSR count). The molecular weight excluding hydrogens is 402 g/mol. The first-order valence-corrected chi connectivity index (χ1v) is 10.3. The summed E-state index contributed by atoms with van der Waals surface area (Å²) in [7, 11) is 1.90. The Labute approximate surface area is 190 Å². The van der Waals surface area contributed by atoms with Crippen LogP contribution in [0.2, 0.25) is 0 Å². The fourth-order valence-corrected chi connectivity index (χ4v) is 2.99. The summed E-state index contributed by atoms with van der Waals surface area (Å²) in [5.41, 5.74) is 8.42. The maximum atomic E-state index is 9.31. The number of amides is 1. The topological polar surface area (TPSA) is 113 Å². The lowest BCUT2D eigenvalue weighted by Gasteiger charge is -2.14. The Hall–Kier alpha value is -3.89. The SMILES string of the molecule is CC.CNc1cccc(C)c1COc1ccc(-c2ccccc2C#N)c(C)n1.NNC=O. The molecular formula is C25H31N5O2. The fraction of sp³-hybridized carbons (Fsp3) is 0.240. The highest BCUT2D eigenvalue weighted by Crippen LogP contribution is 2.28. The van der Waals surface area contributed by atoms with Crippen molar-refractivity contribution in [3.63, 3.8) is 0 Å². The van der Waals surface area contributed by atoms with Gasteiger partial charge in [0.2, 0.25) is 12.3 Å². The van der Waals surface area contributed by atoms with Gasteiger partial charge in [0.25, 0.3) is 0 Å². The normalized spacial score (nSPS) is 9.16. The lowest BCUT2D eigenvalue weighted by atomic mass is 9.99. The summed E-state index contributed by atoms with van der Waals surface area (Å²) in [4.78, 5) is 13.5. The molecule has 0 bridgehead atoms. The summed E-state index contributed by atoms with van der Waals surface area (Å²) < 4.78 is 5.93. The molecule has 0 unspecified atom stereocenters. The van der Waals surface area contributed by atoms with Crippen molar-refractivity contribution in [1.29, 1.82) is 5.26 Å². The Morgan fingerprint density at radius 1 is 1.06 bits per heavy atom. The summed E-state index contributed by atoms with van der Waals surface area (Å²) in [5, 5.41) is 12.5. The van der Waals surface area contributed by atoms with E-state index in [0.29, 0.717) is 24.5 Å². The third-order valence-corrected chi connectivity index (χ3v) is 4.51. The van der Waals surface area contributed by atoms with Gasteiger partial charge in [-0.05, 0) is 37.6 Å². The van der Waals surface area contributed by atoms with Crippen molar-refractivity contribution in [3.05, 3.63) is 77.0 Å². The van der Waals surface area contributed by atoms with Gasteiger partial charge in [0, 0.05) is 41.2 Å². The molecule has 3 aromatic rings. The van der Waals surface area contributed by atoms with Gasteiger partial charge in [-0.2, -0.15) is 5.26 Å². The number of ether oxygens (including phenoxy) is 1. The number of benzene rings is 2. The molecule has 0 saturated heterocycles. The van der Waals surface area contributed by atoms with Crippen LogP contribution in [0.4, 0.5) is 5.69 Å². The molecule has 0 atom stereocenters. The summed E-state index contributed by atoms with van der Waals surface area (Å²) in [5.74, 6) is 4.98. The molecule has 1 amide bonds. The number of aryl methyl sites for hydroxylation is 2. The van der Waals surface area contributed by atoms with E-state index in [1.165, 1.54) is 5.56 Å². The number of aromatic nitrogens is 1. The van der Waals surface area contributed by atoms with Gasteiger partial charge in [-0.15, -0.1) is 0 Å². The summed E-state index contributed by atoms with van der Waals surface area (Å²) >= 11 is 0. The summed E-state index contributed by atoms with van der Waals surface area (Å²) in [6.07, 6.45) is 0.403. The number of carbonyl (C=O) groups is 1. The standard InChI is InChI=1S/C22H21N3O.C2H6.CH4N2O/c1-15-7-6-10-21(24-3)20(15)14-26-22-12-11-18(16(2)25-22)19-9-5-4-8-17(19)13-23;1-2;2-3-1-4/h4-12,24H,14H2,1-3H3;1-2H3;1H,2H2,(H,3,4). The van der Waals surface area contributed by atoms with Crippen LogP contribution in [0, 0.1) is 25.2 Å². The van der Waals surface area contributed by atoms with Crippen LogP contribution in [0.3, 0.4) is 0 Å². The highest BCUT2D eigenvalue weighted by molar-refractivity contribution is 5.72. The number of carbonyl (C=O) groups excluding carboxylic acids is 1. The average molecular weight is 434 g/mol. The van der Waals surface area contributed by atoms with Gasteiger partial charge in [0.05, 0.1) is 11.6 Å². The number of hydrazine groups is 1. The number of rotatable bonds is 6. The molecule has 0 saturated carbocycles. The van der Waals surface area contributed by atoms with Crippen molar-refractivity contribution in [2.75, 3.05) is 12.4 Å². The van der Waals surface area contributed by atoms with Crippen molar-refractivity contribution in [2.45, 2.75) is 34.3 Å². The zero-order valence-electron chi connectivity index (χ0n) is 19.3. The quantitative estimate of drug-likeness (QED) is 0.228. The van der Waals surface area contributed by atoms with Gasteiger partial charge in [-0.1, -0.05) is 44.2 Å². The maximum absolute atomic E-state index is 9.31. The number of nitrogens with zero attached hydrogens (tertiary/aromatic N) is 2. The first-order chi connectivity index (χ1) is 15.5. The first kappa shape index (κ1) is 26.1. The largest absolute Gasteiger partial charge is 0.473 e. The maximum Gasteiger partial charge on any atom is 0.221 e. The average Bonchev–Trinajstić information content (AvgIpc) is 2.84. The molecule has 168 valence electrons. The second-order valence-electron chi connectivity index (χ2n) is 6.36. The number of nitriles is 1. The van der Waals surface area contributed by atoms with E-state index in [2.05, 4.69) is 35.2 Å². The van der Waals surface area contributed by atoms with Crippen molar-refractivity contribution in [1.82, 2.24) is 10.4 Å². The Morgan fingerprint density at radius 3 is 2.34 bits per heavy atom. The smallest absolute Gasteiger partial charge is 0.221 e. The summed E-state index contributed by atoms with van der Waals surface area (Å²) in [6, 6.07) is 19.7. The van der Waals surface area contributed by atoms with Crippen LogP contribution in [0.1, 0.15) is 36.2 Å². The molecule has 7 nitrogen and oxygen atoms in total. The molecule has 2 aromatic carbocycles. The van der Waals surface area contributed by atoms with E-state index < -0.39 is 0 Å². The first-order valence-electron chi connectivity index (χ1n) is 10.3. The van der Waals surface area contributed by atoms with Gasteiger partial charge in [0.15, 0.2) is 0 Å². The minimum atomic E-state index is 0.403. The van der Waals surface area contributed by atoms with E-state index >= 15 is 0 Å². The molecule has 0 aliphatic rings. The number of anilines is 1. The third-order valence-electron chi connectivity index (χ3n) is 4.51. The number of pyridine rings is 1. The number of hydrogen-bond acceptors (Lipinski definition) is 6. The Bertz CT molecular complexity index is 1040. The lowest BCUT2D eigenvalue weighted by Crippen LogP contribution is -2.18. The van der Waals surface area contributed by atoms with Crippen LogP contribution < -0.4 is 21.3 Å². The van der Waals surface area contributed by atoms with Crippen LogP contribution in [-0.2, 0) is 11.4 Å². The zero-order chi connectivity index (χ0) is 23.9. The molecule has 0 aliphatic heterocycles. The van der Waals surface area contributed by atoms with Gasteiger partial charge in [-0.25, -0.2) is 10.8 Å². The molecule has 0 aliphatic carbocycles. The number of nitrogens with two attached hydrogens (primary N) is 1. The Balaban J connectivity index is 0.000000769. The van der Waals surface area contributed by atoms with Crippen LogP contribution in [-0.4, -0.2) is 18.4 Å². The molecule has 1 aromatic heterocycles. The highest BCUT2D eigenvalue weighted by atomic mass is 16.5.